The number of carbonyl (C=O) groups is 1. The highest BCUT2D eigenvalue weighted by atomic mass is 16.1. The molecule has 3 nitrogen and oxygen atoms in total. The second-order valence-electron chi connectivity index (χ2n) is 4.55. The lowest BCUT2D eigenvalue weighted by Gasteiger charge is -2.06. The summed E-state index contributed by atoms with van der Waals surface area (Å²) in [4.78, 5) is 12.2. The topological polar surface area (TPSA) is 34.9 Å². The maximum Gasteiger partial charge on any atom is 0.167 e. The first kappa shape index (κ1) is 12.6. The summed E-state index contributed by atoms with van der Waals surface area (Å²) >= 11 is 0. The molecule has 0 aliphatic rings. The minimum Gasteiger partial charge on any atom is -0.294 e. The molecule has 0 atom stereocenters. The molecule has 0 saturated heterocycles. The van der Waals surface area contributed by atoms with Crippen molar-refractivity contribution in [2.45, 2.75) is 33.7 Å². The molecule has 0 fully saturated rings. The maximum absolute atomic E-state index is 12.2. The van der Waals surface area contributed by atoms with E-state index in [1.807, 2.05) is 49.8 Å². The average molecular weight is 242 g/mol. The number of aryl methyl sites for hydroxylation is 2. The lowest BCUT2D eigenvalue weighted by molar-refractivity contribution is 0.0992. The average Bonchev–Trinajstić information content (AvgIpc) is 2.80. The smallest absolute Gasteiger partial charge is 0.167 e. The van der Waals surface area contributed by atoms with Crippen LogP contribution in [-0.2, 0) is 13.0 Å². The molecular weight excluding hydrogens is 224 g/mol. The fourth-order valence-electron chi connectivity index (χ4n) is 2.00. The van der Waals surface area contributed by atoms with Gasteiger partial charge in [-0.1, -0.05) is 18.2 Å². The van der Waals surface area contributed by atoms with Crippen LogP contribution in [0.2, 0.25) is 0 Å². The highest BCUT2D eigenvalue weighted by molar-refractivity contribution is 5.99. The predicted octanol–water partition coefficient (Wildman–Crippen LogP) is 2.95. The molecule has 0 amide bonds. The zero-order valence-corrected chi connectivity index (χ0v) is 11.1. The van der Waals surface area contributed by atoms with Gasteiger partial charge in [-0.15, -0.1) is 0 Å². The van der Waals surface area contributed by atoms with E-state index >= 15 is 0 Å². The molecule has 2 aromatic rings. The number of hydrogen-bond donors (Lipinski definition) is 0. The summed E-state index contributed by atoms with van der Waals surface area (Å²) in [5.74, 6) is 0.159. The molecule has 0 unspecified atom stereocenters. The Morgan fingerprint density at radius 1 is 1.33 bits per heavy atom. The molecule has 1 heterocycles. The van der Waals surface area contributed by atoms with Gasteiger partial charge in [0.15, 0.2) is 5.78 Å². The molecule has 2 rings (SSSR count). The van der Waals surface area contributed by atoms with Gasteiger partial charge in [0.2, 0.25) is 0 Å². The number of ketones is 1. The van der Waals surface area contributed by atoms with Gasteiger partial charge in [0.1, 0.15) is 0 Å². The molecule has 0 saturated carbocycles. The highest BCUT2D eigenvalue weighted by Gasteiger charge is 2.11. The van der Waals surface area contributed by atoms with Crippen LogP contribution < -0.4 is 0 Å². The minimum atomic E-state index is 0.159. The van der Waals surface area contributed by atoms with Gasteiger partial charge in [-0.05, 0) is 37.5 Å². The number of carbonyl (C=O) groups excluding carboxylic acids is 1. The molecule has 0 bridgehead atoms. The Labute approximate surface area is 107 Å². The van der Waals surface area contributed by atoms with Crippen LogP contribution in [0, 0.1) is 13.8 Å². The van der Waals surface area contributed by atoms with Gasteiger partial charge in [-0.2, -0.15) is 5.10 Å². The summed E-state index contributed by atoms with van der Waals surface area (Å²) in [6, 6.07) is 5.86. The Morgan fingerprint density at radius 2 is 2.11 bits per heavy atom. The van der Waals surface area contributed by atoms with Crippen LogP contribution >= 0.6 is 0 Å². The van der Waals surface area contributed by atoms with Crippen LogP contribution in [-0.4, -0.2) is 15.6 Å². The van der Waals surface area contributed by atoms with Gasteiger partial charge in [-0.3, -0.25) is 9.48 Å². The second kappa shape index (κ2) is 5.17. The normalized spacial score (nSPS) is 10.6. The van der Waals surface area contributed by atoms with E-state index in [1.165, 1.54) is 0 Å². The largest absolute Gasteiger partial charge is 0.294 e. The Kier molecular flexibility index (Phi) is 3.60. The van der Waals surface area contributed by atoms with Crippen molar-refractivity contribution < 1.29 is 4.79 Å². The molecule has 0 spiro atoms. The number of benzene rings is 1. The van der Waals surface area contributed by atoms with Gasteiger partial charge in [0.05, 0.1) is 6.20 Å². The summed E-state index contributed by atoms with van der Waals surface area (Å²) in [5, 5.41) is 4.19. The Bertz CT molecular complexity index is 570. The van der Waals surface area contributed by atoms with Crippen LogP contribution in [0.1, 0.15) is 34.0 Å². The molecule has 3 heteroatoms. The van der Waals surface area contributed by atoms with Crippen molar-refractivity contribution in [1.29, 1.82) is 0 Å². The van der Waals surface area contributed by atoms with Crippen LogP contribution in [0.3, 0.4) is 0 Å². The van der Waals surface area contributed by atoms with E-state index in [9.17, 15) is 4.79 Å². The molecule has 1 aromatic heterocycles. The maximum atomic E-state index is 12.2. The molecule has 18 heavy (non-hydrogen) atoms. The van der Waals surface area contributed by atoms with E-state index in [4.69, 9.17) is 0 Å². The SMILES string of the molecule is CCn1cc(CC(=O)c2cccc(C)c2C)cn1. The van der Waals surface area contributed by atoms with Crippen molar-refractivity contribution in [2.75, 3.05) is 0 Å². The molecule has 0 N–H and O–H groups in total. The van der Waals surface area contributed by atoms with Crippen molar-refractivity contribution in [1.82, 2.24) is 9.78 Å². The Balaban J connectivity index is 2.19. The standard InChI is InChI=1S/C15H18N2O/c1-4-17-10-13(9-16-17)8-15(18)14-7-5-6-11(2)12(14)3/h5-7,9-10H,4,8H2,1-3H3. The van der Waals surface area contributed by atoms with E-state index < -0.39 is 0 Å². The summed E-state index contributed by atoms with van der Waals surface area (Å²) < 4.78 is 1.84. The van der Waals surface area contributed by atoms with Gasteiger partial charge >= 0.3 is 0 Å². The third-order valence-corrected chi connectivity index (χ3v) is 3.28. The van der Waals surface area contributed by atoms with Crippen LogP contribution in [0.25, 0.3) is 0 Å². The first-order valence-corrected chi connectivity index (χ1v) is 6.22. The van der Waals surface area contributed by atoms with Crippen LogP contribution in [0.4, 0.5) is 0 Å². The van der Waals surface area contributed by atoms with E-state index in [1.54, 1.807) is 6.20 Å². The molecule has 0 radical (unpaired) electrons. The van der Waals surface area contributed by atoms with Crippen molar-refractivity contribution >= 4 is 5.78 Å². The third kappa shape index (κ3) is 2.50. The van der Waals surface area contributed by atoms with E-state index in [2.05, 4.69) is 5.10 Å². The van der Waals surface area contributed by atoms with Crippen molar-refractivity contribution in [3.8, 4) is 0 Å². The summed E-state index contributed by atoms with van der Waals surface area (Å²) in [6.07, 6.45) is 4.12. The first-order chi connectivity index (χ1) is 8.61. The number of Topliss-reactive ketones (excluding diaryl/α,β-unsaturated/α-hetero) is 1. The molecular formula is C15H18N2O. The lowest BCUT2D eigenvalue weighted by atomic mass is 9.97. The summed E-state index contributed by atoms with van der Waals surface area (Å²) in [6.45, 7) is 6.89. The first-order valence-electron chi connectivity index (χ1n) is 6.22. The molecule has 0 aliphatic heterocycles. The second-order valence-corrected chi connectivity index (χ2v) is 4.55. The molecule has 0 aliphatic carbocycles. The zero-order valence-electron chi connectivity index (χ0n) is 11.1. The Hall–Kier alpha value is -1.90. The van der Waals surface area contributed by atoms with E-state index in [0.29, 0.717) is 6.42 Å². The van der Waals surface area contributed by atoms with Gasteiger partial charge in [0.25, 0.3) is 0 Å². The third-order valence-electron chi connectivity index (χ3n) is 3.28. The quantitative estimate of drug-likeness (QED) is 0.773. The number of rotatable bonds is 4. The van der Waals surface area contributed by atoms with E-state index in [-0.39, 0.29) is 5.78 Å². The molecule has 94 valence electrons. The van der Waals surface area contributed by atoms with Crippen molar-refractivity contribution in [3.05, 3.63) is 52.8 Å². The van der Waals surface area contributed by atoms with E-state index in [0.717, 1.165) is 28.8 Å². The fraction of sp³-hybridized carbons (Fsp3) is 0.333. The van der Waals surface area contributed by atoms with Crippen LogP contribution in [0.5, 0.6) is 0 Å². The fourth-order valence-corrected chi connectivity index (χ4v) is 2.00. The molecule has 1 aromatic carbocycles. The zero-order chi connectivity index (χ0) is 13.1. The van der Waals surface area contributed by atoms with Gasteiger partial charge in [0, 0.05) is 24.7 Å². The summed E-state index contributed by atoms with van der Waals surface area (Å²) in [7, 11) is 0. The number of nitrogens with zero attached hydrogens (tertiary/aromatic N) is 2. The summed E-state index contributed by atoms with van der Waals surface area (Å²) in [5.41, 5.74) is 4.03. The highest BCUT2D eigenvalue weighted by Crippen LogP contribution is 2.15. The van der Waals surface area contributed by atoms with Gasteiger partial charge in [-0.25, -0.2) is 0 Å². The Morgan fingerprint density at radius 3 is 2.78 bits per heavy atom. The number of aromatic nitrogens is 2. The van der Waals surface area contributed by atoms with Gasteiger partial charge < -0.3 is 0 Å². The predicted molar refractivity (Wildman–Crippen MR) is 71.9 cm³/mol. The minimum absolute atomic E-state index is 0.159. The van der Waals surface area contributed by atoms with Crippen LogP contribution in [0.15, 0.2) is 30.6 Å². The monoisotopic (exact) mass is 242 g/mol. The lowest BCUT2D eigenvalue weighted by Crippen LogP contribution is -2.06. The van der Waals surface area contributed by atoms with Crippen molar-refractivity contribution in [2.24, 2.45) is 0 Å². The number of hydrogen-bond acceptors (Lipinski definition) is 2. The van der Waals surface area contributed by atoms with Crippen molar-refractivity contribution in [3.63, 3.8) is 0 Å².